The third kappa shape index (κ3) is 4.90. The Bertz CT molecular complexity index is 1280. The number of aromatic nitrogens is 2. The number of anilines is 2. The molecule has 12 heteroatoms. The minimum absolute atomic E-state index is 0.0684. The minimum atomic E-state index is -4.71. The van der Waals surface area contributed by atoms with Gasteiger partial charge in [-0.05, 0) is 48.7 Å². The Morgan fingerprint density at radius 2 is 2.00 bits per heavy atom. The number of halogens is 4. The van der Waals surface area contributed by atoms with Gasteiger partial charge in [0.15, 0.2) is 9.84 Å². The van der Waals surface area contributed by atoms with Gasteiger partial charge in [0.25, 0.3) is 0 Å². The zero-order chi connectivity index (χ0) is 23.1. The summed E-state index contributed by atoms with van der Waals surface area (Å²) >= 11 is 7.26. The van der Waals surface area contributed by atoms with E-state index < -0.39 is 27.3 Å². The SMILES string of the molecule is CS(=O)(=O)c1csc(-c2nc(Nc3cc4c(cc3Cl)CNCCC4)ncc2C(F)(F)F)c1. The van der Waals surface area contributed by atoms with Gasteiger partial charge in [0.05, 0.1) is 26.2 Å². The van der Waals surface area contributed by atoms with Crippen LogP contribution in [0.2, 0.25) is 5.02 Å². The van der Waals surface area contributed by atoms with Crippen LogP contribution in [0, 0.1) is 0 Å². The summed E-state index contributed by atoms with van der Waals surface area (Å²) in [5.74, 6) is -0.0732. The van der Waals surface area contributed by atoms with Crippen molar-refractivity contribution in [3.8, 4) is 10.6 Å². The van der Waals surface area contributed by atoms with Gasteiger partial charge in [-0.1, -0.05) is 11.6 Å². The lowest BCUT2D eigenvalue weighted by Crippen LogP contribution is -2.12. The van der Waals surface area contributed by atoms with Crippen molar-refractivity contribution in [3.63, 3.8) is 0 Å². The molecule has 1 aromatic carbocycles. The Labute approximate surface area is 191 Å². The highest BCUT2D eigenvalue weighted by Crippen LogP contribution is 2.39. The van der Waals surface area contributed by atoms with E-state index in [0.29, 0.717) is 23.5 Å². The molecule has 0 saturated heterocycles. The number of fused-ring (bicyclic) bond motifs is 1. The first-order chi connectivity index (χ1) is 15.0. The van der Waals surface area contributed by atoms with Crippen molar-refractivity contribution >= 4 is 44.4 Å². The summed E-state index contributed by atoms with van der Waals surface area (Å²) in [6.07, 6.45) is -1.23. The van der Waals surface area contributed by atoms with E-state index >= 15 is 0 Å². The highest BCUT2D eigenvalue weighted by Gasteiger charge is 2.36. The fourth-order valence-electron chi connectivity index (χ4n) is 3.37. The standard InChI is InChI=1S/C20H18ClF3N4O2S2/c1-32(29,30)13-7-17(31-10-13)18-14(20(22,23)24)9-26-19(28-18)27-16-6-11-3-2-4-25-8-12(11)5-15(16)21/h5-7,9-10,25H,2-4,8H2,1H3,(H,26,27,28). The lowest BCUT2D eigenvalue weighted by Gasteiger charge is -2.15. The van der Waals surface area contributed by atoms with E-state index in [4.69, 9.17) is 11.6 Å². The summed E-state index contributed by atoms with van der Waals surface area (Å²) in [5, 5.41) is 7.90. The second-order valence-corrected chi connectivity index (χ2v) is 10.7. The molecule has 0 amide bonds. The average Bonchev–Trinajstić information content (AvgIpc) is 3.10. The van der Waals surface area contributed by atoms with Gasteiger partial charge in [0.1, 0.15) is 5.56 Å². The third-order valence-electron chi connectivity index (χ3n) is 4.98. The van der Waals surface area contributed by atoms with Gasteiger partial charge >= 0.3 is 6.18 Å². The van der Waals surface area contributed by atoms with Crippen molar-refractivity contribution in [3.05, 3.63) is 51.5 Å². The van der Waals surface area contributed by atoms with Crippen molar-refractivity contribution in [1.29, 1.82) is 0 Å². The number of nitrogens with one attached hydrogen (secondary N) is 2. The van der Waals surface area contributed by atoms with Crippen LogP contribution in [0.4, 0.5) is 24.8 Å². The molecule has 0 spiro atoms. The number of aryl methyl sites for hydroxylation is 1. The third-order valence-corrected chi connectivity index (χ3v) is 7.47. The van der Waals surface area contributed by atoms with E-state index in [2.05, 4.69) is 20.6 Å². The van der Waals surface area contributed by atoms with Gasteiger partial charge in [-0.15, -0.1) is 11.3 Å². The lowest BCUT2D eigenvalue weighted by molar-refractivity contribution is -0.137. The zero-order valence-electron chi connectivity index (χ0n) is 16.8. The van der Waals surface area contributed by atoms with E-state index in [0.717, 1.165) is 48.1 Å². The molecular formula is C20H18ClF3N4O2S2. The molecule has 0 saturated carbocycles. The van der Waals surface area contributed by atoms with Crippen molar-refractivity contribution in [2.45, 2.75) is 30.5 Å². The average molecular weight is 503 g/mol. The van der Waals surface area contributed by atoms with Gasteiger partial charge in [-0.25, -0.2) is 18.4 Å². The molecule has 3 aromatic rings. The second kappa shape index (κ2) is 8.62. The maximum atomic E-state index is 13.6. The van der Waals surface area contributed by atoms with Crippen molar-refractivity contribution in [1.82, 2.24) is 15.3 Å². The molecule has 0 aliphatic carbocycles. The number of nitrogens with zero attached hydrogens (tertiary/aromatic N) is 2. The molecule has 6 nitrogen and oxygen atoms in total. The molecule has 0 bridgehead atoms. The summed E-state index contributed by atoms with van der Waals surface area (Å²) in [4.78, 5) is 7.90. The van der Waals surface area contributed by atoms with Crippen LogP contribution in [0.25, 0.3) is 10.6 Å². The Balaban J connectivity index is 1.75. The summed E-state index contributed by atoms with van der Waals surface area (Å²) in [6, 6.07) is 4.86. The van der Waals surface area contributed by atoms with Crippen LogP contribution in [-0.2, 0) is 29.0 Å². The molecule has 0 fully saturated rings. The summed E-state index contributed by atoms with van der Waals surface area (Å²) < 4.78 is 64.3. The number of thiophene rings is 1. The number of hydrogen-bond donors (Lipinski definition) is 2. The van der Waals surface area contributed by atoms with E-state index in [1.54, 1.807) is 0 Å². The van der Waals surface area contributed by atoms with Gasteiger partial charge in [0.2, 0.25) is 5.95 Å². The molecule has 3 heterocycles. The van der Waals surface area contributed by atoms with E-state index in [1.807, 2.05) is 12.1 Å². The zero-order valence-corrected chi connectivity index (χ0v) is 19.1. The fourth-order valence-corrected chi connectivity index (χ4v) is 5.63. The van der Waals surface area contributed by atoms with Crippen LogP contribution in [0.1, 0.15) is 23.1 Å². The van der Waals surface area contributed by atoms with E-state index in [9.17, 15) is 21.6 Å². The van der Waals surface area contributed by atoms with E-state index in [1.165, 1.54) is 11.4 Å². The molecule has 1 aliphatic rings. The predicted molar refractivity (Wildman–Crippen MR) is 118 cm³/mol. The number of rotatable bonds is 4. The molecule has 4 rings (SSSR count). The minimum Gasteiger partial charge on any atom is -0.323 e. The monoisotopic (exact) mass is 502 g/mol. The maximum absolute atomic E-state index is 13.6. The summed E-state index contributed by atoms with van der Waals surface area (Å²) in [7, 11) is -3.57. The number of benzene rings is 1. The molecular weight excluding hydrogens is 485 g/mol. The molecule has 0 unspecified atom stereocenters. The van der Waals surface area contributed by atoms with Crippen LogP contribution in [0.3, 0.4) is 0 Å². The molecule has 0 radical (unpaired) electrons. The smallest absolute Gasteiger partial charge is 0.323 e. The number of alkyl halides is 3. The first-order valence-electron chi connectivity index (χ1n) is 9.54. The van der Waals surface area contributed by atoms with Gasteiger partial charge in [-0.2, -0.15) is 13.2 Å². The lowest BCUT2D eigenvalue weighted by atomic mass is 10.0. The van der Waals surface area contributed by atoms with Crippen LogP contribution in [0.15, 0.2) is 34.7 Å². The molecule has 0 atom stereocenters. The molecule has 2 aromatic heterocycles. The van der Waals surface area contributed by atoms with Gasteiger partial charge in [0, 0.05) is 24.4 Å². The highest BCUT2D eigenvalue weighted by molar-refractivity contribution is 7.90. The van der Waals surface area contributed by atoms with Gasteiger partial charge < -0.3 is 10.6 Å². The van der Waals surface area contributed by atoms with E-state index in [-0.39, 0.29) is 15.7 Å². The molecule has 170 valence electrons. The van der Waals surface area contributed by atoms with Crippen molar-refractivity contribution in [2.24, 2.45) is 0 Å². The summed E-state index contributed by atoms with van der Waals surface area (Å²) in [5.41, 5.74) is 1.19. The molecule has 1 aliphatic heterocycles. The molecule has 2 N–H and O–H groups in total. The Kier molecular flexibility index (Phi) is 6.19. The number of sulfone groups is 1. The molecule has 32 heavy (non-hydrogen) atoms. The van der Waals surface area contributed by atoms with Crippen molar-refractivity contribution in [2.75, 3.05) is 18.1 Å². The van der Waals surface area contributed by atoms with Crippen molar-refractivity contribution < 1.29 is 21.6 Å². The number of hydrogen-bond acceptors (Lipinski definition) is 7. The first-order valence-corrected chi connectivity index (χ1v) is 12.7. The maximum Gasteiger partial charge on any atom is 0.420 e. The van der Waals surface area contributed by atoms with Crippen LogP contribution in [0.5, 0.6) is 0 Å². The quantitative estimate of drug-likeness (QED) is 0.519. The fraction of sp³-hybridized carbons (Fsp3) is 0.300. The van der Waals surface area contributed by atoms with Gasteiger partial charge in [-0.3, -0.25) is 0 Å². The van der Waals surface area contributed by atoms with Crippen LogP contribution < -0.4 is 10.6 Å². The Hall–Kier alpha value is -2.21. The normalized spacial score (nSPS) is 14.7. The topological polar surface area (TPSA) is 84.0 Å². The first kappa shape index (κ1) is 23.0. The largest absolute Gasteiger partial charge is 0.420 e. The highest BCUT2D eigenvalue weighted by atomic mass is 35.5. The Morgan fingerprint density at radius 1 is 1.22 bits per heavy atom. The van der Waals surface area contributed by atoms with Crippen LogP contribution in [-0.4, -0.2) is 31.2 Å². The Morgan fingerprint density at radius 3 is 2.69 bits per heavy atom. The second-order valence-electron chi connectivity index (χ2n) is 7.38. The summed E-state index contributed by atoms with van der Waals surface area (Å²) in [6.45, 7) is 1.58. The predicted octanol–water partition coefficient (Wildman–Crippen LogP) is 5.06. The van der Waals surface area contributed by atoms with Crippen LogP contribution >= 0.6 is 22.9 Å².